The van der Waals surface area contributed by atoms with Crippen LogP contribution in [0.5, 0.6) is 0 Å². The molecule has 0 atom stereocenters. The lowest BCUT2D eigenvalue weighted by Crippen LogP contribution is -2.39. The number of benzene rings is 2. The molecule has 11 heteroatoms. The molecule has 1 aliphatic rings. The van der Waals surface area contributed by atoms with Crippen LogP contribution < -0.4 is 5.32 Å². The quantitative estimate of drug-likeness (QED) is 0.518. The zero-order valence-corrected chi connectivity index (χ0v) is 16.8. The largest absolute Gasteiger partial charge is 0.393 e. The third kappa shape index (κ3) is 4.17. The van der Waals surface area contributed by atoms with Gasteiger partial charge >= 0.3 is 0 Å². The van der Waals surface area contributed by atoms with Gasteiger partial charge in [0.15, 0.2) is 17.5 Å². The smallest absolute Gasteiger partial charge is 0.255 e. The SMILES string of the molecule is O=C(Nc1cc(F)c(F)c(F)c1)c1ccc(Cl)c(S(=O)(=O)C2(F)CCC(O)CC2)c1. The van der Waals surface area contributed by atoms with E-state index in [0.717, 1.165) is 18.2 Å². The Morgan fingerprint density at radius 3 is 2.23 bits per heavy atom. The molecule has 0 heterocycles. The van der Waals surface area contributed by atoms with Crippen molar-refractivity contribution in [3.63, 3.8) is 0 Å². The van der Waals surface area contributed by atoms with Gasteiger partial charge in [-0.2, -0.15) is 0 Å². The minimum atomic E-state index is -4.62. The Bertz CT molecular complexity index is 1080. The number of anilines is 1. The summed E-state index contributed by atoms with van der Waals surface area (Å²) in [4.78, 5) is 11.8. The molecule has 0 bridgehead atoms. The molecule has 2 N–H and O–H groups in total. The molecular formula is C19H16ClF4NO4S. The number of carbonyl (C=O) groups excluding carboxylic acids is 1. The summed E-state index contributed by atoms with van der Waals surface area (Å²) in [6, 6.07) is 4.18. The van der Waals surface area contributed by atoms with Crippen molar-refractivity contribution in [3.8, 4) is 0 Å². The fourth-order valence-corrected chi connectivity index (χ4v) is 5.38. The molecule has 1 aliphatic carbocycles. The van der Waals surface area contributed by atoms with Crippen LogP contribution in [0.25, 0.3) is 0 Å². The number of hydrogen-bond donors (Lipinski definition) is 2. The van der Waals surface area contributed by atoms with Gasteiger partial charge in [0.05, 0.1) is 16.0 Å². The number of hydrogen-bond acceptors (Lipinski definition) is 4. The zero-order chi connectivity index (χ0) is 22.3. The normalized spacial score (nSPS) is 22.0. The molecule has 0 unspecified atom stereocenters. The van der Waals surface area contributed by atoms with Gasteiger partial charge in [0.1, 0.15) is 0 Å². The second kappa shape index (κ2) is 8.16. The molecule has 2 aromatic rings. The Kier molecular flexibility index (Phi) is 6.13. The molecule has 0 spiro atoms. The number of carbonyl (C=O) groups is 1. The lowest BCUT2D eigenvalue weighted by Gasteiger charge is -2.31. The minimum absolute atomic E-state index is 0.0464. The molecule has 5 nitrogen and oxygen atoms in total. The molecule has 1 saturated carbocycles. The average Bonchev–Trinajstić information content (AvgIpc) is 2.68. The van der Waals surface area contributed by atoms with Crippen molar-refractivity contribution >= 4 is 33.0 Å². The second-order valence-electron chi connectivity index (χ2n) is 6.97. The Morgan fingerprint density at radius 2 is 1.67 bits per heavy atom. The van der Waals surface area contributed by atoms with E-state index >= 15 is 4.39 Å². The van der Waals surface area contributed by atoms with Gasteiger partial charge in [-0.25, -0.2) is 26.0 Å². The number of nitrogens with one attached hydrogen (secondary N) is 1. The first kappa shape index (κ1) is 22.5. The summed E-state index contributed by atoms with van der Waals surface area (Å²) in [6.45, 7) is 0. The van der Waals surface area contributed by atoms with E-state index in [9.17, 15) is 31.5 Å². The maximum atomic E-state index is 15.2. The molecule has 0 aromatic heterocycles. The van der Waals surface area contributed by atoms with Crippen molar-refractivity contribution in [2.45, 2.75) is 41.7 Å². The predicted octanol–water partition coefficient (Wildman–Crippen LogP) is 4.38. The van der Waals surface area contributed by atoms with Crippen LogP contribution in [0.3, 0.4) is 0 Å². The van der Waals surface area contributed by atoms with Crippen LogP contribution in [0.15, 0.2) is 35.2 Å². The van der Waals surface area contributed by atoms with Gasteiger partial charge in [0, 0.05) is 23.4 Å². The van der Waals surface area contributed by atoms with E-state index < -0.39 is 67.7 Å². The lowest BCUT2D eigenvalue weighted by atomic mass is 9.96. The van der Waals surface area contributed by atoms with Crippen molar-refractivity contribution < 1.29 is 35.9 Å². The number of rotatable bonds is 4. The Labute approximate surface area is 174 Å². The second-order valence-corrected chi connectivity index (χ2v) is 9.56. The van der Waals surface area contributed by atoms with Crippen LogP contribution in [-0.2, 0) is 9.84 Å². The third-order valence-electron chi connectivity index (χ3n) is 4.91. The topological polar surface area (TPSA) is 83.5 Å². The van der Waals surface area contributed by atoms with Crippen molar-refractivity contribution in [3.05, 3.63) is 58.4 Å². The highest BCUT2D eigenvalue weighted by Crippen LogP contribution is 2.42. The van der Waals surface area contributed by atoms with Gasteiger partial charge in [-0.1, -0.05) is 11.6 Å². The molecular weight excluding hydrogens is 450 g/mol. The fourth-order valence-electron chi connectivity index (χ4n) is 3.18. The first-order valence-electron chi connectivity index (χ1n) is 8.82. The van der Waals surface area contributed by atoms with Crippen molar-refractivity contribution in [1.82, 2.24) is 0 Å². The number of halogens is 5. The maximum Gasteiger partial charge on any atom is 0.255 e. The number of aliphatic hydroxyl groups excluding tert-OH is 1. The van der Waals surface area contributed by atoms with Gasteiger partial charge in [-0.05, 0) is 43.9 Å². The summed E-state index contributed by atoms with van der Waals surface area (Å²) in [5, 5.41) is 8.67. The highest BCUT2D eigenvalue weighted by Gasteiger charge is 2.48. The molecule has 1 fully saturated rings. The predicted molar refractivity (Wildman–Crippen MR) is 101 cm³/mol. The zero-order valence-electron chi connectivity index (χ0n) is 15.3. The maximum absolute atomic E-state index is 15.2. The minimum Gasteiger partial charge on any atom is -0.393 e. The molecule has 30 heavy (non-hydrogen) atoms. The van der Waals surface area contributed by atoms with Crippen LogP contribution in [0, 0.1) is 17.5 Å². The lowest BCUT2D eigenvalue weighted by molar-refractivity contribution is 0.0762. The van der Waals surface area contributed by atoms with E-state index in [1.165, 1.54) is 0 Å². The Hall–Kier alpha value is -2.17. The van der Waals surface area contributed by atoms with E-state index in [-0.39, 0.29) is 23.4 Å². The standard InChI is InChI=1S/C19H16ClF4NO4S/c20-13-2-1-10(18(27)25-11-8-14(21)17(23)15(22)9-11)7-16(13)30(28,29)19(24)5-3-12(26)4-6-19/h1-2,7-9,12,26H,3-6H2,(H,25,27). The number of alkyl halides is 1. The average molecular weight is 466 g/mol. The van der Waals surface area contributed by atoms with Crippen LogP contribution in [-0.4, -0.2) is 30.5 Å². The van der Waals surface area contributed by atoms with Crippen LogP contribution in [0.2, 0.25) is 5.02 Å². The van der Waals surface area contributed by atoms with Gasteiger partial charge in [0.25, 0.3) is 5.91 Å². The van der Waals surface area contributed by atoms with E-state index in [2.05, 4.69) is 5.32 Å². The third-order valence-corrected chi connectivity index (χ3v) is 7.64. The summed E-state index contributed by atoms with van der Waals surface area (Å²) < 4.78 is 80.7. The van der Waals surface area contributed by atoms with Gasteiger partial charge in [0.2, 0.25) is 14.8 Å². The molecule has 0 aliphatic heterocycles. The highest BCUT2D eigenvalue weighted by atomic mass is 35.5. The van der Waals surface area contributed by atoms with E-state index in [0.29, 0.717) is 12.1 Å². The fraction of sp³-hybridized carbons (Fsp3) is 0.316. The van der Waals surface area contributed by atoms with Gasteiger partial charge in [-0.15, -0.1) is 0 Å². The van der Waals surface area contributed by atoms with Gasteiger partial charge in [-0.3, -0.25) is 4.79 Å². The molecule has 162 valence electrons. The van der Waals surface area contributed by atoms with Crippen molar-refractivity contribution in [1.29, 1.82) is 0 Å². The van der Waals surface area contributed by atoms with Crippen molar-refractivity contribution in [2.24, 2.45) is 0 Å². The molecule has 3 rings (SSSR count). The summed E-state index contributed by atoms with van der Waals surface area (Å²) in [5.74, 6) is -5.73. The summed E-state index contributed by atoms with van der Waals surface area (Å²) in [6.07, 6.45) is -1.76. The monoisotopic (exact) mass is 465 g/mol. The molecule has 0 saturated heterocycles. The van der Waals surface area contributed by atoms with Gasteiger partial charge < -0.3 is 10.4 Å². The number of aliphatic hydroxyl groups is 1. The summed E-state index contributed by atoms with van der Waals surface area (Å²) in [5.41, 5.74) is -0.679. The van der Waals surface area contributed by atoms with Crippen LogP contribution in [0.1, 0.15) is 36.0 Å². The van der Waals surface area contributed by atoms with Crippen molar-refractivity contribution in [2.75, 3.05) is 5.32 Å². The van der Waals surface area contributed by atoms with E-state index in [1.54, 1.807) is 0 Å². The highest BCUT2D eigenvalue weighted by molar-refractivity contribution is 7.92. The Balaban J connectivity index is 1.92. The number of sulfone groups is 1. The van der Waals surface area contributed by atoms with Crippen LogP contribution in [0.4, 0.5) is 23.2 Å². The van der Waals surface area contributed by atoms with E-state index in [1.807, 2.05) is 0 Å². The molecule has 2 aromatic carbocycles. The first-order valence-corrected chi connectivity index (χ1v) is 10.7. The number of amides is 1. The summed E-state index contributed by atoms with van der Waals surface area (Å²) >= 11 is 5.95. The molecule has 0 radical (unpaired) electrons. The van der Waals surface area contributed by atoms with E-state index in [4.69, 9.17) is 11.6 Å². The first-order chi connectivity index (χ1) is 13.9. The van der Waals surface area contributed by atoms with Crippen LogP contribution >= 0.6 is 11.6 Å². The Morgan fingerprint density at radius 1 is 1.10 bits per heavy atom. The molecule has 1 amide bonds. The summed E-state index contributed by atoms with van der Waals surface area (Å²) in [7, 11) is -4.62.